The van der Waals surface area contributed by atoms with Crippen LogP contribution in [0.3, 0.4) is 0 Å². The second kappa shape index (κ2) is 6.93. The molecule has 1 aromatic rings. The molecule has 0 heterocycles. The molecule has 1 aliphatic carbocycles. The van der Waals surface area contributed by atoms with Crippen molar-refractivity contribution in [1.82, 2.24) is 5.32 Å². The molecule has 0 aromatic heterocycles. The van der Waals surface area contributed by atoms with E-state index < -0.39 is 0 Å². The molecule has 100 valence electrons. The lowest BCUT2D eigenvalue weighted by molar-refractivity contribution is 0.341. The summed E-state index contributed by atoms with van der Waals surface area (Å²) in [5, 5.41) is 4.30. The molecule has 1 unspecified atom stereocenters. The summed E-state index contributed by atoms with van der Waals surface area (Å²) < 4.78 is 1.12. The fourth-order valence-corrected chi connectivity index (χ4v) is 3.97. The summed E-state index contributed by atoms with van der Waals surface area (Å²) in [7, 11) is 2.07. The van der Waals surface area contributed by atoms with Crippen LogP contribution in [0.1, 0.15) is 50.1 Å². The van der Waals surface area contributed by atoms with Gasteiger partial charge in [-0.15, -0.1) is 0 Å². The van der Waals surface area contributed by atoms with Gasteiger partial charge < -0.3 is 5.32 Å². The highest BCUT2D eigenvalue weighted by molar-refractivity contribution is 9.10. The van der Waals surface area contributed by atoms with Gasteiger partial charge in [0, 0.05) is 15.5 Å². The van der Waals surface area contributed by atoms with Gasteiger partial charge >= 0.3 is 0 Å². The first-order valence-electron chi connectivity index (χ1n) is 6.84. The third-order valence-corrected chi connectivity index (χ3v) is 4.90. The van der Waals surface area contributed by atoms with Crippen LogP contribution in [0.25, 0.3) is 0 Å². The number of hydrogen-bond donors (Lipinski definition) is 1. The van der Waals surface area contributed by atoms with E-state index in [1.807, 2.05) is 12.1 Å². The second-order valence-corrected chi connectivity index (χ2v) is 6.47. The van der Waals surface area contributed by atoms with Crippen molar-refractivity contribution in [3.63, 3.8) is 0 Å². The topological polar surface area (TPSA) is 12.0 Å². The number of rotatable bonds is 3. The zero-order valence-electron chi connectivity index (χ0n) is 10.9. The van der Waals surface area contributed by atoms with Crippen molar-refractivity contribution < 1.29 is 0 Å². The number of benzene rings is 1. The van der Waals surface area contributed by atoms with E-state index in [-0.39, 0.29) is 0 Å². The summed E-state index contributed by atoms with van der Waals surface area (Å²) in [5.74, 6) is 0.745. The maximum Gasteiger partial charge on any atom is 0.0417 e. The van der Waals surface area contributed by atoms with Crippen molar-refractivity contribution in [3.05, 3.63) is 33.3 Å². The molecule has 2 rings (SSSR count). The van der Waals surface area contributed by atoms with Crippen molar-refractivity contribution in [2.45, 2.75) is 44.6 Å². The molecule has 1 saturated carbocycles. The van der Waals surface area contributed by atoms with E-state index in [1.54, 1.807) is 0 Å². The Bertz CT molecular complexity index is 386. The third-order valence-electron chi connectivity index (χ3n) is 3.98. The fraction of sp³-hybridized carbons (Fsp3) is 0.600. The number of halogens is 2. The minimum absolute atomic E-state index is 0.440. The van der Waals surface area contributed by atoms with Gasteiger partial charge in [0.2, 0.25) is 0 Å². The van der Waals surface area contributed by atoms with Crippen LogP contribution in [0.5, 0.6) is 0 Å². The van der Waals surface area contributed by atoms with E-state index in [0.717, 1.165) is 15.4 Å². The Morgan fingerprint density at radius 2 is 1.89 bits per heavy atom. The largest absolute Gasteiger partial charge is 0.313 e. The van der Waals surface area contributed by atoms with Gasteiger partial charge in [0.1, 0.15) is 0 Å². The second-order valence-electron chi connectivity index (χ2n) is 5.18. The van der Waals surface area contributed by atoms with E-state index in [9.17, 15) is 0 Å². The molecule has 0 spiro atoms. The first kappa shape index (κ1) is 14.4. The smallest absolute Gasteiger partial charge is 0.0417 e. The van der Waals surface area contributed by atoms with E-state index in [1.165, 1.54) is 44.1 Å². The number of nitrogens with one attached hydrogen (secondary N) is 1. The number of hydrogen-bond acceptors (Lipinski definition) is 1. The average molecular weight is 331 g/mol. The molecule has 1 atom stereocenters. The maximum atomic E-state index is 6.03. The average Bonchev–Trinajstić information content (AvgIpc) is 2.62. The third kappa shape index (κ3) is 3.49. The SMILES string of the molecule is CNC(c1ccc(Cl)cc1Br)C1CCCCCC1. The molecule has 0 bridgehead atoms. The van der Waals surface area contributed by atoms with Crippen LogP contribution >= 0.6 is 27.5 Å². The molecule has 3 heteroatoms. The van der Waals surface area contributed by atoms with Gasteiger partial charge in [-0.25, -0.2) is 0 Å². The van der Waals surface area contributed by atoms with E-state index in [0.29, 0.717) is 6.04 Å². The normalized spacial score (nSPS) is 19.5. The van der Waals surface area contributed by atoms with Gasteiger partial charge in [0.05, 0.1) is 0 Å². The summed E-state index contributed by atoms with van der Waals surface area (Å²) in [6.07, 6.45) is 8.20. The van der Waals surface area contributed by atoms with Crippen LogP contribution in [0.4, 0.5) is 0 Å². The molecule has 18 heavy (non-hydrogen) atoms. The van der Waals surface area contributed by atoms with Gasteiger partial charge in [0.15, 0.2) is 0 Å². The molecule has 0 aliphatic heterocycles. The lowest BCUT2D eigenvalue weighted by atomic mass is 9.87. The van der Waals surface area contributed by atoms with Crippen molar-refractivity contribution in [2.75, 3.05) is 7.05 Å². The van der Waals surface area contributed by atoms with E-state index in [2.05, 4.69) is 34.4 Å². The first-order valence-corrected chi connectivity index (χ1v) is 8.01. The Kier molecular flexibility index (Phi) is 5.53. The van der Waals surface area contributed by atoms with Crippen LogP contribution in [-0.4, -0.2) is 7.05 Å². The van der Waals surface area contributed by atoms with E-state index in [4.69, 9.17) is 11.6 Å². The zero-order valence-corrected chi connectivity index (χ0v) is 13.2. The molecule has 1 aliphatic rings. The summed E-state index contributed by atoms with van der Waals surface area (Å²) in [6, 6.07) is 6.58. The first-order chi connectivity index (χ1) is 8.72. The summed E-state index contributed by atoms with van der Waals surface area (Å²) in [4.78, 5) is 0. The van der Waals surface area contributed by atoms with Crippen molar-refractivity contribution in [3.8, 4) is 0 Å². The van der Waals surface area contributed by atoms with Gasteiger partial charge in [-0.05, 0) is 43.5 Å². The van der Waals surface area contributed by atoms with Crippen LogP contribution < -0.4 is 5.32 Å². The Morgan fingerprint density at radius 3 is 2.44 bits per heavy atom. The Labute approximate surface area is 123 Å². The van der Waals surface area contributed by atoms with E-state index >= 15 is 0 Å². The summed E-state index contributed by atoms with van der Waals surface area (Å²) in [5.41, 5.74) is 1.34. The fourth-order valence-electron chi connectivity index (χ4n) is 3.04. The molecule has 0 saturated heterocycles. The Hall–Kier alpha value is -0.0500. The molecule has 0 radical (unpaired) electrons. The van der Waals surface area contributed by atoms with Crippen molar-refractivity contribution in [2.24, 2.45) is 5.92 Å². The molecule has 1 nitrogen and oxygen atoms in total. The van der Waals surface area contributed by atoms with Crippen LogP contribution in [0, 0.1) is 5.92 Å². The highest BCUT2D eigenvalue weighted by Crippen LogP contribution is 2.36. The van der Waals surface area contributed by atoms with Crippen LogP contribution in [0.2, 0.25) is 5.02 Å². The highest BCUT2D eigenvalue weighted by atomic mass is 79.9. The predicted molar refractivity (Wildman–Crippen MR) is 82.1 cm³/mol. The van der Waals surface area contributed by atoms with Gasteiger partial charge in [-0.3, -0.25) is 0 Å². The van der Waals surface area contributed by atoms with Crippen molar-refractivity contribution >= 4 is 27.5 Å². The van der Waals surface area contributed by atoms with Crippen molar-refractivity contribution in [1.29, 1.82) is 0 Å². The standard InChI is InChI=1S/C15H21BrClN/c1-18-15(11-6-4-2-3-5-7-11)13-9-8-12(17)10-14(13)16/h8-11,15,18H,2-7H2,1H3. The molecule has 0 amide bonds. The molecular formula is C15H21BrClN. The van der Waals surface area contributed by atoms with Crippen LogP contribution in [0.15, 0.2) is 22.7 Å². The summed E-state index contributed by atoms with van der Waals surface area (Å²) in [6.45, 7) is 0. The lowest BCUT2D eigenvalue weighted by Gasteiger charge is -2.27. The maximum absolute atomic E-state index is 6.03. The Morgan fingerprint density at radius 1 is 1.22 bits per heavy atom. The van der Waals surface area contributed by atoms with Gasteiger partial charge in [-0.2, -0.15) is 0 Å². The Balaban J connectivity index is 2.20. The molecule has 1 N–H and O–H groups in total. The molecular weight excluding hydrogens is 310 g/mol. The lowest BCUT2D eigenvalue weighted by Crippen LogP contribution is -2.25. The molecule has 1 fully saturated rings. The van der Waals surface area contributed by atoms with Gasteiger partial charge in [-0.1, -0.05) is 59.3 Å². The quantitative estimate of drug-likeness (QED) is 0.738. The minimum Gasteiger partial charge on any atom is -0.313 e. The van der Waals surface area contributed by atoms with Gasteiger partial charge in [0.25, 0.3) is 0 Å². The monoisotopic (exact) mass is 329 g/mol. The van der Waals surface area contributed by atoms with Crippen LogP contribution in [-0.2, 0) is 0 Å². The summed E-state index contributed by atoms with van der Waals surface area (Å²) >= 11 is 9.68. The predicted octanol–water partition coefficient (Wildman–Crippen LogP) is 5.33. The minimum atomic E-state index is 0.440. The molecule has 1 aromatic carbocycles. The highest BCUT2D eigenvalue weighted by Gasteiger charge is 2.24. The zero-order chi connectivity index (χ0) is 13.0.